The zero-order valence-electron chi connectivity index (χ0n) is 12.6. The lowest BCUT2D eigenvalue weighted by atomic mass is 10.3. The lowest BCUT2D eigenvalue weighted by molar-refractivity contribution is 0.144. The van der Waals surface area contributed by atoms with Crippen LogP contribution in [0.25, 0.3) is 0 Å². The SMILES string of the molecule is CCOCCCNC(=O)N(C)CCOc1ccc(F)cc1. The van der Waals surface area contributed by atoms with Gasteiger partial charge in [0, 0.05) is 26.8 Å². The van der Waals surface area contributed by atoms with Gasteiger partial charge in [0.2, 0.25) is 0 Å². The van der Waals surface area contributed by atoms with Crippen molar-refractivity contribution in [2.24, 2.45) is 0 Å². The van der Waals surface area contributed by atoms with Gasteiger partial charge in [0.05, 0.1) is 6.54 Å². The molecule has 0 saturated heterocycles. The summed E-state index contributed by atoms with van der Waals surface area (Å²) in [6.45, 7) is 4.67. The standard InChI is InChI=1S/C15H23FN2O3/c1-3-20-11-4-9-17-15(19)18(2)10-12-21-14-7-5-13(16)6-8-14/h5-8H,3-4,9-12H2,1-2H3,(H,17,19). The van der Waals surface area contributed by atoms with Crippen LogP contribution in [0.1, 0.15) is 13.3 Å². The number of benzene rings is 1. The topological polar surface area (TPSA) is 50.8 Å². The van der Waals surface area contributed by atoms with Gasteiger partial charge in [-0.1, -0.05) is 0 Å². The summed E-state index contributed by atoms with van der Waals surface area (Å²) >= 11 is 0. The van der Waals surface area contributed by atoms with Crippen LogP contribution in [-0.4, -0.2) is 50.9 Å². The summed E-state index contributed by atoms with van der Waals surface area (Å²) in [6.07, 6.45) is 0.791. The number of nitrogens with zero attached hydrogens (tertiary/aromatic N) is 1. The molecule has 5 nitrogen and oxygen atoms in total. The van der Waals surface area contributed by atoms with Gasteiger partial charge in [-0.3, -0.25) is 0 Å². The van der Waals surface area contributed by atoms with Gasteiger partial charge in [-0.05, 0) is 37.6 Å². The summed E-state index contributed by atoms with van der Waals surface area (Å²) in [5.41, 5.74) is 0. The number of urea groups is 1. The third-order valence-electron chi connectivity index (χ3n) is 2.80. The highest BCUT2D eigenvalue weighted by molar-refractivity contribution is 5.73. The van der Waals surface area contributed by atoms with E-state index in [0.717, 1.165) is 6.42 Å². The minimum absolute atomic E-state index is 0.144. The fraction of sp³-hybridized carbons (Fsp3) is 0.533. The largest absolute Gasteiger partial charge is 0.492 e. The molecule has 118 valence electrons. The van der Waals surface area contributed by atoms with Crippen LogP contribution in [-0.2, 0) is 4.74 Å². The maximum atomic E-state index is 12.7. The van der Waals surface area contributed by atoms with Crippen LogP contribution in [0, 0.1) is 5.82 Å². The molecule has 1 rings (SSSR count). The lowest BCUT2D eigenvalue weighted by Crippen LogP contribution is -2.40. The molecule has 6 heteroatoms. The summed E-state index contributed by atoms with van der Waals surface area (Å²) in [5, 5.41) is 2.80. The van der Waals surface area contributed by atoms with Crippen LogP contribution in [0.15, 0.2) is 24.3 Å². The number of carbonyl (C=O) groups excluding carboxylic acids is 1. The first kappa shape index (κ1) is 17.2. The Morgan fingerprint density at radius 3 is 2.67 bits per heavy atom. The van der Waals surface area contributed by atoms with E-state index in [1.165, 1.54) is 12.1 Å². The maximum absolute atomic E-state index is 12.7. The zero-order chi connectivity index (χ0) is 15.5. The van der Waals surface area contributed by atoms with Gasteiger partial charge < -0.3 is 19.7 Å². The van der Waals surface area contributed by atoms with Crippen molar-refractivity contribution in [3.63, 3.8) is 0 Å². The maximum Gasteiger partial charge on any atom is 0.317 e. The Morgan fingerprint density at radius 1 is 1.29 bits per heavy atom. The van der Waals surface area contributed by atoms with E-state index in [1.54, 1.807) is 24.1 Å². The monoisotopic (exact) mass is 298 g/mol. The second-order valence-corrected chi connectivity index (χ2v) is 4.51. The first-order chi connectivity index (χ1) is 10.1. The number of likely N-dealkylation sites (N-methyl/N-ethyl adjacent to an activating group) is 1. The van der Waals surface area contributed by atoms with Gasteiger partial charge in [0.1, 0.15) is 18.2 Å². The molecule has 0 heterocycles. The van der Waals surface area contributed by atoms with Crippen molar-refractivity contribution in [3.8, 4) is 5.75 Å². The third-order valence-corrected chi connectivity index (χ3v) is 2.80. The van der Waals surface area contributed by atoms with Crippen molar-refractivity contribution >= 4 is 6.03 Å². The summed E-state index contributed by atoms with van der Waals surface area (Å²) in [7, 11) is 1.70. The predicted molar refractivity (Wildman–Crippen MR) is 79.0 cm³/mol. The van der Waals surface area contributed by atoms with E-state index in [-0.39, 0.29) is 11.8 Å². The van der Waals surface area contributed by atoms with E-state index in [9.17, 15) is 9.18 Å². The number of amides is 2. The molecule has 0 aliphatic carbocycles. The summed E-state index contributed by atoms with van der Waals surface area (Å²) < 4.78 is 23.3. The van der Waals surface area contributed by atoms with Gasteiger partial charge in [-0.25, -0.2) is 9.18 Å². The van der Waals surface area contributed by atoms with Crippen LogP contribution >= 0.6 is 0 Å². The number of carbonyl (C=O) groups is 1. The lowest BCUT2D eigenvalue weighted by Gasteiger charge is -2.18. The normalized spacial score (nSPS) is 10.2. The van der Waals surface area contributed by atoms with Gasteiger partial charge in [0.15, 0.2) is 0 Å². The molecule has 0 aliphatic rings. The van der Waals surface area contributed by atoms with E-state index in [0.29, 0.717) is 38.7 Å². The molecule has 0 spiro atoms. The molecule has 0 saturated carbocycles. The Hall–Kier alpha value is -1.82. The number of halogens is 1. The molecular weight excluding hydrogens is 275 g/mol. The number of ether oxygens (including phenoxy) is 2. The van der Waals surface area contributed by atoms with Crippen LogP contribution < -0.4 is 10.1 Å². The number of rotatable bonds is 9. The van der Waals surface area contributed by atoms with Gasteiger partial charge in [-0.2, -0.15) is 0 Å². The Kier molecular flexibility index (Phi) is 8.19. The Morgan fingerprint density at radius 2 is 2.00 bits per heavy atom. The highest BCUT2D eigenvalue weighted by atomic mass is 19.1. The summed E-state index contributed by atoms with van der Waals surface area (Å²) in [5.74, 6) is 0.285. The molecule has 0 aliphatic heterocycles. The van der Waals surface area contributed by atoms with Gasteiger partial charge in [0.25, 0.3) is 0 Å². The van der Waals surface area contributed by atoms with E-state index < -0.39 is 0 Å². The van der Waals surface area contributed by atoms with Crippen molar-refractivity contribution in [1.82, 2.24) is 10.2 Å². The molecule has 0 fully saturated rings. The van der Waals surface area contributed by atoms with Gasteiger partial charge in [-0.15, -0.1) is 0 Å². The molecule has 0 radical (unpaired) electrons. The molecule has 0 bridgehead atoms. The summed E-state index contributed by atoms with van der Waals surface area (Å²) in [4.78, 5) is 13.3. The fourth-order valence-electron chi connectivity index (χ4n) is 1.58. The number of hydrogen-bond acceptors (Lipinski definition) is 3. The van der Waals surface area contributed by atoms with Crippen molar-refractivity contribution in [2.75, 3.05) is 40.0 Å². The van der Waals surface area contributed by atoms with E-state index >= 15 is 0 Å². The van der Waals surface area contributed by atoms with E-state index in [4.69, 9.17) is 9.47 Å². The van der Waals surface area contributed by atoms with Crippen LogP contribution in [0.2, 0.25) is 0 Å². The molecule has 0 aromatic heterocycles. The van der Waals surface area contributed by atoms with Crippen LogP contribution in [0.4, 0.5) is 9.18 Å². The molecule has 1 aromatic rings. The second-order valence-electron chi connectivity index (χ2n) is 4.51. The first-order valence-electron chi connectivity index (χ1n) is 7.08. The highest BCUT2D eigenvalue weighted by Crippen LogP contribution is 2.10. The molecular formula is C15H23FN2O3. The van der Waals surface area contributed by atoms with Crippen molar-refractivity contribution in [2.45, 2.75) is 13.3 Å². The third kappa shape index (κ3) is 7.51. The fourth-order valence-corrected chi connectivity index (χ4v) is 1.58. The Bertz CT molecular complexity index is 412. The minimum Gasteiger partial charge on any atom is -0.492 e. The minimum atomic E-state index is -0.300. The summed E-state index contributed by atoms with van der Waals surface area (Å²) in [6, 6.07) is 5.65. The molecule has 1 N–H and O–H groups in total. The molecule has 21 heavy (non-hydrogen) atoms. The zero-order valence-corrected chi connectivity index (χ0v) is 12.6. The number of hydrogen-bond donors (Lipinski definition) is 1. The Labute approximate surface area is 125 Å². The van der Waals surface area contributed by atoms with Crippen molar-refractivity contribution < 1.29 is 18.7 Å². The van der Waals surface area contributed by atoms with Crippen LogP contribution in [0.5, 0.6) is 5.75 Å². The second kappa shape index (κ2) is 9.99. The predicted octanol–water partition coefficient (Wildman–Crippen LogP) is 2.27. The first-order valence-corrected chi connectivity index (χ1v) is 7.08. The molecule has 0 unspecified atom stereocenters. The quantitative estimate of drug-likeness (QED) is 0.712. The van der Waals surface area contributed by atoms with E-state index in [2.05, 4.69) is 5.32 Å². The smallest absolute Gasteiger partial charge is 0.317 e. The van der Waals surface area contributed by atoms with E-state index in [1.807, 2.05) is 6.92 Å². The molecule has 1 aromatic carbocycles. The van der Waals surface area contributed by atoms with Crippen molar-refractivity contribution in [3.05, 3.63) is 30.1 Å². The van der Waals surface area contributed by atoms with Crippen LogP contribution in [0.3, 0.4) is 0 Å². The van der Waals surface area contributed by atoms with Gasteiger partial charge >= 0.3 is 6.03 Å². The Balaban J connectivity index is 2.13. The average molecular weight is 298 g/mol. The average Bonchev–Trinajstić information content (AvgIpc) is 2.48. The molecule has 2 amide bonds. The number of nitrogens with one attached hydrogen (secondary N) is 1. The van der Waals surface area contributed by atoms with Crippen molar-refractivity contribution in [1.29, 1.82) is 0 Å². The highest BCUT2D eigenvalue weighted by Gasteiger charge is 2.07. The molecule has 0 atom stereocenters.